The number of hydrogen-bond donors (Lipinski definition) is 1. The van der Waals surface area contributed by atoms with Gasteiger partial charge in [-0.1, -0.05) is 79.3 Å². The molecular formula is C24H29Cl3N2O2S. The minimum Gasteiger partial charge on any atom is -0.354 e. The van der Waals surface area contributed by atoms with E-state index in [0.717, 1.165) is 24.0 Å². The maximum Gasteiger partial charge on any atom is 0.242 e. The Labute approximate surface area is 210 Å². The number of halogens is 3. The number of carbonyl (C=O) groups is 2. The number of hydrogen-bond acceptors (Lipinski definition) is 3. The van der Waals surface area contributed by atoms with E-state index in [0.29, 0.717) is 33.8 Å². The van der Waals surface area contributed by atoms with E-state index in [1.165, 1.54) is 11.8 Å². The van der Waals surface area contributed by atoms with E-state index >= 15 is 0 Å². The molecule has 0 saturated carbocycles. The topological polar surface area (TPSA) is 49.4 Å². The lowest BCUT2D eigenvalue weighted by atomic mass is 10.1. The summed E-state index contributed by atoms with van der Waals surface area (Å²) in [5.41, 5.74) is 1.61. The van der Waals surface area contributed by atoms with Crippen molar-refractivity contribution in [3.63, 3.8) is 0 Å². The highest BCUT2D eigenvalue weighted by atomic mass is 35.5. The summed E-state index contributed by atoms with van der Waals surface area (Å²) in [5, 5.41) is 4.68. The second-order valence-electron chi connectivity index (χ2n) is 7.37. The van der Waals surface area contributed by atoms with Crippen LogP contribution in [-0.2, 0) is 21.9 Å². The summed E-state index contributed by atoms with van der Waals surface area (Å²) in [6.07, 6.45) is 2.39. The van der Waals surface area contributed by atoms with Crippen molar-refractivity contribution in [2.45, 2.75) is 51.4 Å². The van der Waals surface area contributed by atoms with Crippen LogP contribution in [0.25, 0.3) is 0 Å². The molecular weight excluding hydrogens is 487 g/mol. The van der Waals surface area contributed by atoms with Gasteiger partial charge in [-0.05, 0) is 42.2 Å². The van der Waals surface area contributed by atoms with Gasteiger partial charge in [0.05, 0.1) is 5.75 Å². The summed E-state index contributed by atoms with van der Waals surface area (Å²) in [5.74, 6) is 0.435. The van der Waals surface area contributed by atoms with Crippen LogP contribution in [0.3, 0.4) is 0 Å². The van der Waals surface area contributed by atoms with E-state index in [4.69, 9.17) is 34.8 Å². The molecule has 32 heavy (non-hydrogen) atoms. The fourth-order valence-electron chi connectivity index (χ4n) is 3.23. The summed E-state index contributed by atoms with van der Waals surface area (Å²) in [4.78, 5) is 27.8. The molecule has 2 amide bonds. The lowest BCUT2D eigenvalue weighted by Gasteiger charge is -2.31. The molecule has 0 bridgehead atoms. The number of nitrogens with one attached hydrogen (secondary N) is 1. The monoisotopic (exact) mass is 514 g/mol. The molecule has 1 N–H and O–H groups in total. The van der Waals surface area contributed by atoms with Gasteiger partial charge in [-0.15, -0.1) is 11.8 Å². The molecule has 0 aromatic heterocycles. The number of nitrogens with zero attached hydrogens (tertiary/aromatic N) is 1. The standard InChI is InChI=1S/C24H29Cl3N2O2S/c1-3-5-13-28-24(31)22(4-2)29(14-17-9-6-7-10-19(17)25)23(30)16-32-15-18-20(26)11-8-12-21(18)27/h6-12,22H,3-5,13-16H2,1-2H3,(H,28,31). The molecule has 8 heteroatoms. The third-order valence-electron chi connectivity index (χ3n) is 5.05. The molecule has 2 aromatic rings. The van der Waals surface area contributed by atoms with Gasteiger partial charge in [-0.2, -0.15) is 0 Å². The molecule has 0 fully saturated rings. The van der Waals surface area contributed by atoms with Crippen LogP contribution < -0.4 is 5.32 Å². The van der Waals surface area contributed by atoms with Crippen molar-refractivity contribution in [2.24, 2.45) is 0 Å². The Kier molecular flexibility index (Phi) is 11.7. The first-order valence-electron chi connectivity index (χ1n) is 10.7. The highest BCUT2D eigenvalue weighted by Crippen LogP contribution is 2.29. The lowest BCUT2D eigenvalue weighted by Crippen LogP contribution is -2.49. The zero-order valence-electron chi connectivity index (χ0n) is 18.4. The third-order valence-corrected chi connectivity index (χ3v) is 7.07. The van der Waals surface area contributed by atoms with Gasteiger partial charge in [-0.3, -0.25) is 9.59 Å². The molecule has 2 rings (SSSR count). The lowest BCUT2D eigenvalue weighted by molar-refractivity contribution is -0.139. The maximum atomic E-state index is 13.3. The van der Waals surface area contributed by atoms with Crippen molar-refractivity contribution in [3.05, 3.63) is 68.7 Å². The van der Waals surface area contributed by atoms with E-state index in [9.17, 15) is 9.59 Å². The molecule has 1 atom stereocenters. The largest absolute Gasteiger partial charge is 0.354 e. The Balaban J connectivity index is 2.15. The van der Waals surface area contributed by atoms with Crippen molar-refractivity contribution >= 4 is 58.4 Å². The maximum absolute atomic E-state index is 13.3. The van der Waals surface area contributed by atoms with Crippen LogP contribution in [0.15, 0.2) is 42.5 Å². The first kappa shape index (κ1) is 26.8. The van der Waals surface area contributed by atoms with Crippen LogP contribution in [0.2, 0.25) is 15.1 Å². The summed E-state index contributed by atoms with van der Waals surface area (Å²) in [7, 11) is 0. The van der Waals surface area contributed by atoms with Gasteiger partial charge in [-0.25, -0.2) is 0 Å². The van der Waals surface area contributed by atoms with E-state index in [1.54, 1.807) is 29.2 Å². The van der Waals surface area contributed by atoms with Gasteiger partial charge in [0.25, 0.3) is 0 Å². The number of amides is 2. The Morgan fingerprint density at radius 3 is 2.28 bits per heavy atom. The summed E-state index contributed by atoms with van der Waals surface area (Å²) in [6, 6.07) is 12.2. The van der Waals surface area contributed by atoms with E-state index in [-0.39, 0.29) is 24.1 Å². The number of rotatable bonds is 12. The summed E-state index contributed by atoms with van der Waals surface area (Å²) >= 11 is 20.3. The van der Waals surface area contributed by atoms with E-state index < -0.39 is 6.04 Å². The first-order chi connectivity index (χ1) is 15.4. The van der Waals surface area contributed by atoms with Gasteiger partial charge < -0.3 is 10.2 Å². The van der Waals surface area contributed by atoms with Crippen LogP contribution in [0.4, 0.5) is 0 Å². The number of thioether (sulfide) groups is 1. The van der Waals surface area contributed by atoms with Crippen molar-refractivity contribution in [2.75, 3.05) is 12.3 Å². The SMILES string of the molecule is CCCCNC(=O)C(CC)N(Cc1ccccc1Cl)C(=O)CSCc1c(Cl)cccc1Cl. The van der Waals surface area contributed by atoms with Crippen LogP contribution >= 0.6 is 46.6 Å². The second kappa shape index (κ2) is 14.0. The zero-order chi connectivity index (χ0) is 23.5. The first-order valence-corrected chi connectivity index (χ1v) is 13.0. The van der Waals surface area contributed by atoms with Crippen molar-refractivity contribution in [3.8, 4) is 0 Å². The highest BCUT2D eigenvalue weighted by molar-refractivity contribution is 7.99. The Bertz CT molecular complexity index is 890. The Morgan fingerprint density at radius 1 is 1.00 bits per heavy atom. The van der Waals surface area contributed by atoms with E-state index in [2.05, 4.69) is 12.2 Å². The van der Waals surface area contributed by atoms with Crippen LogP contribution in [0.5, 0.6) is 0 Å². The average Bonchev–Trinajstić information content (AvgIpc) is 2.77. The molecule has 0 radical (unpaired) electrons. The highest BCUT2D eigenvalue weighted by Gasteiger charge is 2.28. The molecule has 0 aliphatic carbocycles. The smallest absolute Gasteiger partial charge is 0.242 e. The molecule has 0 heterocycles. The van der Waals surface area contributed by atoms with Gasteiger partial charge in [0, 0.05) is 33.9 Å². The average molecular weight is 516 g/mol. The van der Waals surface area contributed by atoms with Crippen LogP contribution in [0.1, 0.15) is 44.2 Å². The second-order valence-corrected chi connectivity index (χ2v) is 9.58. The molecule has 174 valence electrons. The molecule has 0 spiro atoms. The molecule has 0 saturated heterocycles. The third kappa shape index (κ3) is 7.87. The van der Waals surface area contributed by atoms with Crippen molar-refractivity contribution in [1.82, 2.24) is 10.2 Å². The normalized spacial score (nSPS) is 11.8. The fourth-order valence-corrected chi connectivity index (χ4v) is 5.07. The van der Waals surface area contributed by atoms with Gasteiger partial charge in [0.2, 0.25) is 11.8 Å². The fraction of sp³-hybridized carbons (Fsp3) is 0.417. The van der Waals surface area contributed by atoms with Crippen LogP contribution in [0, 0.1) is 0 Å². The minimum atomic E-state index is -0.569. The van der Waals surface area contributed by atoms with Crippen molar-refractivity contribution in [1.29, 1.82) is 0 Å². The van der Waals surface area contributed by atoms with E-state index in [1.807, 2.05) is 25.1 Å². The number of unbranched alkanes of at least 4 members (excludes halogenated alkanes) is 1. The molecule has 0 aliphatic heterocycles. The van der Waals surface area contributed by atoms with Crippen molar-refractivity contribution < 1.29 is 9.59 Å². The van der Waals surface area contributed by atoms with Gasteiger partial charge >= 0.3 is 0 Å². The molecule has 1 unspecified atom stereocenters. The predicted octanol–water partition coefficient (Wildman–Crippen LogP) is 6.60. The zero-order valence-corrected chi connectivity index (χ0v) is 21.5. The predicted molar refractivity (Wildman–Crippen MR) is 137 cm³/mol. The summed E-state index contributed by atoms with van der Waals surface area (Å²) in [6.45, 7) is 4.85. The van der Waals surface area contributed by atoms with Gasteiger partial charge in [0.15, 0.2) is 0 Å². The Hall–Kier alpha value is -1.40. The Morgan fingerprint density at radius 2 is 1.66 bits per heavy atom. The molecule has 0 aliphatic rings. The summed E-state index contributed by atoms with van der Waals surface area (Å²) < 4.78 is 0. The quantitative estimate of drug-likeness (QED) is 0.324. The van der Waals surface area contributed by atoms with Gasteiger partial charge in [0.1, 0.15) is 6.04 Å². The number of carbonyl (C=O) groups excluding carboxylic acids is 2. The number of benzene rings is 2. The van der Waals surface area contributed by atoms with Crippen LogP contribution in [-0.4, -0.2) is 35.1 Å². The molecule has 4 nitrogen and oxygen atoms in total. The molecule has 2 aromatic carbocycles. The minimum absolute atomic E-state index is 0.129.